The normalized spacial score (nSPS) is 18.7. The fraction of sp³-hybridized carbons (Fsp3) is 0.625. The first kappa shape index (κ1) is 14.4. The van der Waals surface area contributed by atoms with Crippen LogP contribution in [-0.4, -0.2) is 32.8 Å². The van der Waals surface area contributed by atoms with E-state index in [1.807, 2.05) is 0 Å². The van der Waals surface area contributed by atoms with Crippen molar-refractivity contribution in [3.8, 4) is 0 Å². The molecule has 0 amide bonds. The molecule has 0 spiro atoms. The maximum Gasteiger partial charge on any atom is 0.0507 e. The van der Waals surface area contributed by atoms with Crippen LogP contribution < -0.4 is 10.2 Å². The SMILES string of the molecule is CCN(CC)c1ccc(CNCC2CCOC2)cc1. The van der Waals surface area contributed by atoms with Crippen molar-refractivity contribution in [1.82, 2.24) is 5.32 Å². The largest absolute Gasteiger partial charge is 0.381 e. The van der Waals surface area contributed by atoms with E-state index in [2.05, 4.69) is 48.3 Å². The van der Waals surface area contributed by atoms with Crippen molar-refractivity contribution < 1.29 is 4.74 Å². The van der Waals surface area contributed by atoms with Crippen molar-refractivity contribution in [2.24, 2.45) is 5.92 Å². The van der Waals surface area contributed by atoms with Gasteiger partial charge < -0.3 is 15.0 Å². The highest BCUT2D eigenvalue weighted by Gasteiger charge is 2.14. The van der Waals surface area contributed by atoms with Crippen LogP contribution in [0.3, 0.4) is 0 Å². The molecule has 1 unspecified atom stereocenters. The van der Waals surface area contributed by atoms with Crippen LogP contribution in [0.25, 0.3) is 0 Å². The Morgan fingerprint density at radius 3 is 2.53 bits per heavy atom. The lowest BCUT2D eigenvalue weighted by molar-refractivity contribution is 0.185. The quantitative estimate of drug-likeness (QED) is 0.817. The van der Waals surface area contributed by atoms with Gasteiger partial charge in [0.15, 0.2) is 0 Å². The van der Waals surface area contributed by atoms with Crippen LogP contribution in [-0.2, 0) is 11.3 Å². The van der Waals surface area contributed by atoms with Crippen LogP contribution >= 0.6 is 0 Å². The van der Waals surface area contributed by atoms with Gasteiger partial charge in [-0.3, -0.25) is 0 Å². The molecule has 1 heterocycles. The molecule has 3 heteroatoms. The summed E-state index contributed by atoms with van der Waals surface area (Å²) >= 11 is 0. The molecule has 0 radical (unpaired) electrons. The van der Waals surface area contributed by atoms with E-state index in [0.29, 0.717) is 5.92 Å². The molecule has 0 bridgehead atoms. The molecule has 1 N–H and O–H groups in total. The fourth-order valence-electron chi connectivity index (χ4n) is 2.58. The van der Waals surface area contributed by atoms with Crippen LogP contribution in [0.15, 0.2) is 24.3 Å². The molecule has 1 saturated heterocycles. The molecule has 1 atom stereocenters. The Hall–Kier alpha value is -1.06. The lowest BCUT2D eigenvalue weighted by Crippen LogP contribution is -2.23. The average molecular weight is 262 g/mol. The van der Waals surface area contributed by atoms with Crippen LogP contribution in [0.5, 0.6) is 0 Å². The minimum Gasteiger partial charge on any atom is -0.381 e. The fourth-order valence-corrected chi connectivity index (χ4v) is 2.58. The summed E-state index contributed by atoms with van der Waals surface area (Å²) < 4.78 is 5.38. The predicted molar refractivity (Wildman–Crippen MR) is 80.6 cm³/mol. The van der Waals surface area contributed by atoms with E-state index in [9.17, 15) is 0 Å². The number of nitrogens with one attached hydrogen (secondary N) is 1. The smallest absolute Gasteiger partial charge is 0.0507 e. The first-order valence-electron chi connectivity index (χ1n) is 7.45. The summed E-state index contributed by atoms with van der Waals surface area (Å²) in [6, 6.07) is 8.91. The van der Waals surface area contributed by atoms with Gasteiger partial charge in [-0.2, -0.15) is 0 Å². The van der Waals surface area contributed by atoms with Crippen LogP contribution in [0, 0.1) is 5.92 Å². The molecule has 1 aromatic rings. The summed E-state index contributed by atoms with van der Waals surface area (Å²) in [5, 5.41) is 3.53. The van der Waals surface area contributed by atoms with Crippen LogP contribution in [0.4, 0.5) is 5.69 Å². The van der Waals surface area contributed by atoms with Gasteiger partial charge in [-0.25, -0.2) is 0 Å². The average Bonchev–Trinajstić information content (AvgIpc) is 2.95. The van der Waals surface area contributed by atoms with E-state index in [-0.39, 0.29) is 0 Å². The van der Waals surface area contributed by atoms with E-state index in [1.54, 1.807) is 0 Å². The predicted octanol–water partition coefficient (Wildman–Crippen LogP) is 2.66. The Bertz CT molecular complexity index is 354. The first-order chi connectivity index (χ1) is 9.33. The summed E-state index contributed by atoms with van der Waals surface area (Å²) in [7, 11) is 0. The van der Waals surface area contributed by atoms with Crippen LogP contribution in [0.1, 0.15) is 25.8 Å². The lowest BCUT2D eigenvalue weighted by atomic mass is 10.1. The van der Waals surface area contributed by atoms with Crippen molar-refractivity contribution in [3.63, 3.8) is 0 Å². The second-order valence-electron chi connectivity index (χ2n) is 5.20. The van der Waals surface area contributed by atoms with E-state index < -0.39 is 0 Å². The number of hydrogen-bond donors (Lipinski definition) is 1. The molecule has 0 saturated carbocycles. The highest BCUT2D eigenvalue weighted by Crippen LogP contribution is 2.15. The molecule has 1 aromatic carbocycles. The summed E-state index contributed by atoms with van der Waals surface area (Å²) in [5.74, 6) is 0.704. The summed E-state index contributed by atoms with van der Waals surface area (Å²) in [6.45, 7) is 10.4. The maximum atomic E-state index is 5.38. The standard InChI is InChI=1S/C16H26N2O/c1-3-18(4-2)16-7-5-14(6-8-16)11-17-12-15-9-10-19-13-15/h5-8,15,17H,3-4,9-13H2,1-2H3. The van der Waals surface area contributed by atoms with Crippen LogP contribution in [0.2, 0.25) is 0 Å². The number of rotatable bonds is 7. The molecule has 1 aliphatic heterocycles. The molecule has 0 aromatic heterocycles. The molecule has 106 valence electrons. The number of ether oxygens (including phenoxy) is 1. The molecule has 19 heavy (non-hydrogen) atoms. The third-order valence-corrected chi connectivity index (χ3v) is 3.85. The van der Waals surface area contributed by atoms with Gasteiger partial charge in [0.2, 0.25) is 0 Å². The molecular formula is C16H26N2O. The minimum absolute atomic E-state index is 0.704. The molecule has 1 fully saturated rings. The summed E-state index contributed by atoms with van der Waals surface area (Å²) in [6.07, 6.45) is 1.20. The number of hydrogen-bond acceptors (Lipinski definition) is 3. The summed E-state index contributed by atoms with van der Waals surface area (Å²) in [4.78, 5) is 2.37. The molecule has 0 aliphatic carbocycles. The molecule has 1 aliphatic rings. The van der Waals surface area contributed by atoms with Gasteiger partial charge in [0.05, 0.1) is 6.61 Å². The minimum atomic E-state index is 0.704. The van der Waals surface area contributed by atoms with Gasteiger partial charge in [0.25, 0.3) is 0 Å². The Morgan fingerprint density at radius 1 is 1.21 bits per heavy atom. The number of nitrogens with zero attached hydrogens (tertiary/aromatic N) is 1. The zero-order chi connectivity index (χ0) is 13.5. The van der Waals surface area contributed by atoms with E-state index in [4.69, 9.17) is 4.74 Å². The van der Waals surface area contributed by atoms with E-state index in [1.165, 1.54) is 17.7 Å². The second-order valence-corrected chi connectivity index (χ2v) is 5.20. The lowest BCUT2D eigenvalue weighted by Gasteiger charge is -2.21. The van der Waals surface area contributed by atoms with Crippen molar-refractivity contribution in [1.29, 1.82) is 0 Å². The molecule has 3 nitrogen and oxygen atoms in total. The maximum absolute atomic E-state index is 5.38. The van der Waals surface area contributed by atoms with Gasteiger partial charge in [-0.15, -0.1) is 0 Å². The number of anilines is 1. The second kappa shape index (κ2) is 7.51. The topological polar surface area (TPSA) is 24.5 Å². The monoisotopic (exact) mass is 262 g/mol. The van der Waals surface area contributed by atoms with Gasteiger partial charge in [0, 0.05) is 38.5 Å². The Kier molecular flexibility index (Phi) is 5.67. The highest BCUT2D eigenvalue weighted by atomic mass is 16.5. The third-order valence-electron chi connectivity index (χ3n) is 3.85. The third kappa shape index (κ3) is 4.22. The van der Waals surface area contributed by atoms with Crippen molar-refractivity contribution in [2.75, 3.05) is 37.7 Å². The highest BCUT2D eigenvalue weighted by molar-refractivity contribution is 5.47. The zero-order valence-electron chi connectivity index (χ0n) is 12.2. The van der Waals surface area contributed by atoms with Gasteiger partial charge in [0.1, 0.15) is 0 Å². The zero-order valence-corrected chi connectivity index (χ0v) is 12.2. The van der Waals surface area contributed by atoms with Gasteiger partial charge in [-0.05, 0) is 43.9 Å². The molecule has 2 rings (SSSR count). The van der Waals surface area contributed by atoms with Crippen molar-refractivity contribution >= 4 is 5.69 Å². The van der Waals surface area contributed by atoms with E-state index in [0.717, 1.165) is 39.4 Å². The van der Waals surface area contributed by atoms with Gasteiger partial charge in [-0.1, -0.05) is 12.1 Å². The first-order valence-corrected chi connectivity index (χ1v) is 7.45. The Labute approximate surface area is 116 Å². The van der Waals surface area contributed by atoms with Crippen molar-refractivity contribution in [2.45, 2.75) is 26.8 Å². The Balaban J connectivity index is 1.77. The van der Waals surface area contributed by atoms with E-state index >= 15 is 0 Å². The number of benzene rings is 1. The summed E-state index contributed by atoms with van der Waals surface area (Å²) in [5.41, 5.74) is 2.67. The Morgan fingerprint density at radius 2 is 1.95 bits per heavy atom. The van der Waals surface area contributed by atoms with Gasteiger partial charge >= 0.3 is 0 Å². The van der Waals surface area contributed by atoms with Crippen molar-refractivity contribution in [3.05, 3.63) is 29.8 Å². The molecular weight excluding hydrogens is 236 g/mol.